The molecule has 0 fully saturated rings. The molecule has 1 amide bonds. The molecule has 0 radical (unpaired) electrons. The fraction of sp³-hybridized carbons (Fsp3) is 0.273. The number of benzene rings is 2. The SMILES string of the molecule is COc1cc2nc(N(CCN(C)C)C(=O)C=Cc3ccccc3Cl)sc2cc1OC.Cl. The number of carbonyl (C=O) groups is 1. The molecule has 3 aromatic rings. The first kappa shape index (κ1) is 24.9. The molecule has 6 nitrogen and oxygen atoms in total. The summed E-state index contributed by atoms with van der Waals surface area (Å²) in [5.74, 6) is 1.08. The minimum atomic E-state index is -0.158. The maximum absolute atomic E-state index is 13.1. The summed E-state index contributed by atoms with van der Waals surface area (Å²) in [5, 5.41) is 1.22. The molecule has 0 saturated heterocycles. The number of rotatable bonds is 8. The van der Waals surface area contributed by atoms with Crippen molar-refractivity contribution in [3.63, 3.8) is 0 Å². The van der Waals surface area contributed by atoms with Crippen molar-refractivity contribution >= 4 is 62.7 Å². The molecule has 0 N–H and O–H groups in total. The third kappa shape index (κ3) is 6.11. The maximum Gasteiger partial charge on any atom is 0.252 e. The smallest absolute Gasteiger partial charge is 0.252 e. The van der Waals surface area contributed by atoms with Gasteiger partial charge in [0.25, 0.3) is 5.91 Å². The summed E-state index contributed by atoms with van der Waals surface area (Å²) in [6, 6.07) is 11.1. The van der Waals surface area contributed by atoms with E-state index in [-0.39, 0.29) is 18.3 Å². The Morgan fingerprint density at radius 3 is 2.45 bits per heavy atom. The van der Waals surface area contributed by atoms with Gasteiger partial charge in [-0.15, -0.1) is 12.4 Å². The van der Waals surface area contributed by atoms with Crippen molar-refractivity contribution in [2.24, 2.45) is 0 Å². The Hall–Kier alpha value is -2.32. The van der Waals surface area contributed by atoms with E-state index in [4.69, 9.17) is 21.1 Å². The highest BCUT2D eigenvalue weighted by Gasteiger charge is 2.19. The zero-order valence-electron chi connectivity index (χ0n) is 17.8. The Bertz CT molecular complexity index is 1030. The topological polar surface area (TPSA) is 54.9 Å². The molecular weight excluding hydrogens is 457 g/mol. The molecule has 0 spiro atoms. The van der Waals surface area contributed by atoms with Crippen LogP contribution < -0.4 is 14.4 Å². The number of thiazole rings is 1. The number of amides is 1. The van der Waals surface area contributed by atoms with Gasteiger partial charge in [-0.25, -0.2) is 4.98 Å². The molecule has 9 heteroatoms. The van der Waals surface area contributed by atoms with E-state index in [0.717, 1.165) is 15.8 Å². The van der Waals surface area contributed by atoms with E-state index in [9.17, 15) is 4.79 Å². The van der Waals surface area contributed by atoms with Gasteiger partial charge in [0.2, 0.25) is 0 Å². The van der Waals surface area contributed by atoms with E-state index < -0.39 is 0 Å². The summed E-state index contributed by atoms with van der Waals surface area (Å²) in [4.78, 5) is 21.4. The van der Waals surface area contributed by atoms with Crippen molar-refractivity contribution in [2.75, 3.05) is 46.3 Å². The summed E-state index contributed by atoms with van der Waals surface area (Å²) < 4.78 is 11.7. The van der Waals surface area contributed by atoms with Crippen LogP contribution >= 0.6 is 35.3 Å². The van der Waals surface area contributed by atoms with Crippen molar-refractivity contribution in [3.8, 4) is 11.5 Å². The predicted molar refractivity (Wildman–Crippen MR) is 131 cm³/mol. The molecule has 0 unspecified atom stereocenters. The standard InChI is InChI=1S/C22H24ClN3O3S.ClH/c1-25(2)11-12-26(21(27)10-9-15-7-5-6-8-16(15)23)22-24-17-13-18(28-3)19(29-4)14-20(17)30-22;/h5-10,13-14H,11-12H2,1-4H3;1H. The lowest BCUT2D eigenvalue weighted by molar-refractivity contribution is -0.114. The first-order valence-corrected chi connectivity index (χ1v) is 10.5. The molecule has 2 aromatic carbocycles. The monoisotopic (exact) mass is 481 g/mol. The van der Waals surface area contributed by atoms with Gasteiger partial charge in [-0.1, -0.05) is 41.1 Å². The summed E-state index contributed by atoms with van der Waals surface area (Å²) >= 11 is 7.64. The van der Waals surface area contributed by atoms with E-state index in [1.807, 2.05) is 49.3 Å². The van der Waals surface area contributed by atoms with Crippen molar-refractivity contribution in [2.45, 2.75) is 0 Å². The lowest BCUT2D eigenvalue weighted by Crippen LogP contribution is -2.35. The van der Waals surface area contributed by atoms with Crippen LogP contribution in [0.15, 0.2) is 42.5 Å². The number of hydrogen-bond donors (Lipinski definition) is 0. The van der Waals surface area contributed by atoms with Gasteiger partial charge in [0.1, 0.15) is 0 Å². The van der Waals surface area contributed by atoms with Gasteiger partial charge in [0.05, 0.1) is 24.4 Å². The molecule has 3 rings (SSSR count). The molecule has 31 heavy (non-hydrogen) atoms. The number of halogens is 2. The number of hydrogen-bond acceptors (Lipinski definition) is 6. The second-order valence-corrected chi connectivity index (χ2v) is 8.24. The molecule has 0 aliphatic carbocycles. The molecule has 0 saturated carbocycles. The number of nitrogens with zero attached hydrogens (tertiary/aromatic N) is 3. The number of ether oxygens (including phenoxy) is 2. The Balaban J connectivity index is 0.00000341. The molecule has 0 bridgehead atoms. The molecule has 0 aliphatic rings. The maximum atomic E-state index is 13.1. The number of carbonyl (C=O) groups excluding carboxylic acids is 1. The highest BCUT2D eigenvalue weighted by Crippen LogP contribution is 2.37. The van der Waals surface area contributed by atoms with Crippen LogP contribution in [-0.4, -0.2) is 57.2 Å². The van der Waals surface area contributed by atoms with Crippen LogP contribution in [0.1, 0.15) is 5.56 Å². The Kier molecular flexibility index (Phi) is 9.13. The fourth-order valence-electron chi connectivity index (χ4n) is 2.82. The van der Waals surface area contributed by atoms with Crippen molar-refractivity contribution in [1.82, 2.24) is 9.88 Å². The second-order valence-electron chi connectivity index (χ2n) is 6.82. The minimum Gasteiger partial charge on any atom is -0.493 e. The largest absolute Gasteiger partial charge is 0.493 e. The highest BCUT2D eigenvalue weighted by atomic mass is 35.5. The number of fused-ring (bicyclic) bond motifs is 1. The molecule has 1 aromatic heterocycles. The molecule has 0 aliphatic heterocycles. The summed E-state index contributed by atoms with van der Waals surface area (Å²) in [6.45, 7) is 1.21. The zero-order chi connectivity index (χ0) is 21.7. The molecule has 0 atom stereocenters. The normalized spacial score (nSPS) is 11.0. The van der Waals surface area contributed by atoms with Gasteiger partial charge in [-0.2, -0.15) is 0 Å². The van der Waals surface area contributed by atoms with Gasteiger partial charge in [0.15, 0.2) is 16.6 Å². The number of anilines is 1. The number of aromatic nitrogens is 1. The van der Waals surface area contributed by atoms with Crippen LogP contribution in [0.5, 0.6) is 11.5 Å². The molecular formula is C22H25Cl2N3O3S. The third-order valence-electron chi connectivity index (χ3n) is 4.46. The van der Waals surface area contributed by atoms with E-state index >= 15 is 0 Å². The molecule has 1 heterocycles. The predicted octanol–water partition coefficient (Wildman–Crippen LogP) is 5.00. The minimum absolute atomic E-state index is 0. The van der Waals surface area contributed by atoms with Crippen molar-refractivity contribution in [1.29, 1.82) is 0 Å². The lowest BCUT2D eigenvalue weighted by atomic mass is 10.2. The van der Waals surface area contributed by atoms with Crippen LogP contribution in [0.25, 0.3) is 16.3 Å². The quantitative estimate of drug-likeness (QED) is 0.423. The van der Waals surface area contributed by atoms with Gasteiger partial charge in [-0.3, -0.25) is 9.69 Å². The molecule has 166 valence electrons. The van der Waals surface area contributed by atoms with E-state index in [1.54, 1.807) is 31.3 Å². The zero-order valence-corrected chi connectivity index (χ0v) is 20.2. The van der Waals surface area contributed by atoms with E-state index in [0.29, 0.717) is 34.7 Å². The summed E-state index contributed by atoms with van der Waals surface area (Å²) in [7, 11) is 7.12. The number of likely N-dealkylation sites (N-methyl/N-ethyl adjacent to an activating group) is 1. The van der Waals surface area contributed by atoms with Crippen LogP contribution in [0, 0.1) is 0 Å². The average molecular weight is 482 g/mol. The van der Waals surface area contributed by atoms with E-state index in [2.05, 4.69) is 4.98 Å². The van der Waals surface area contributed by atoms with Crippen LogP contribution in [0.3, 0.4) is 0 Å². The number of methoxy groups -OCH3 is 2. The van der Waals surface area contributed by atoms with Gasteiger partial charge >= 0.3 is 0 Å². The average Bonchev–Trinajstić information content (AvgIpc) is 3.14. The van der Waals surface area contributed by atoms with Crippen LogP contribution in [-0.2, 0) is 4.79 Å². The van der Waals surface area contributed by atoms with Crippen molar-refractivity contribution < 1.29 is 14.3 Å². The third-order valence-corrected chi connectivity index (χ3v) is 5.85. The Morgan fingerprint density at radius 1 is 1.13 bits per heavy atom. The summed E-state index contributed by atoms with van der Waals surface area (Å²) in [5.41, 5.74) is 1.55. The van der Waals surface area contributed by atoms with Crippen LogP contribution in [0.2, 0.25) is 5.02 Å². The van der Waals surface area contributed by atoms with Gasteiger partial charge in [0, 0.05) is 36.3 Å². The highest BCUT2D eigenvalue weighted by molar-refractivity contribution is 7.22. The van der Waals surface area contributed by atoms with Gasteiger partial charge in [-0.05, 0) is 31.8 Å². The second kappa shape index (κ2) is 11.3. The Labute approximate surface area is 197 Å². The summed E-state index contributed by atoms with van der Waals surface area (Å²) in [6.07, 6.45) is 3.26. The van der Waals surface area contributed by atoms with Crippen molar-refractivity contribution in [3.05, 3.63) is 53.1 Å². The first-order chi connectivity index (χ1) is 14.4. The Morgan fingerprint density at radius 2 is 1.81 bits per heavy atom. The van der Waals surface area contributed by atoms with Crippen LogP contribution in [0.4, 0.5) is 5.13 Å². The first-order valence-electron chi connectivity index (χ1n) is 9.34. The van der Waals surface area contributed by atoms with E-state index in [1.165, 1.54) is 17.4 Å². The van der Waals surface area contributed by atoms with Gasteiger partial charge < -0.3 is 14.4 Å². The fourth-order valence-corrected chi connectivity index (χ4v) is 4.03. The lowest BCUT2D eigenvalue weighted by Gasteiger charge is -2.20.